The number of anilines is 1. The molecule has 158 valence electrons. The van der Waals surface area contributed by atoms with Crippen LogP contribution in [0.15, 0.2) is 63.5 Å². The summed E-state index contributed by atoms with van der Waals surface area (Å²) in [5.74, 6) is 1.23. The number of rotatable bonds is 5. The van der Waals surface area contributed by atoms with E-state index in [2.05, 4.69) is 40.1 Å². The summed E-state index contributed by atoms with van der Waals surface area (Å²) in [6.45, 7) is 4.27. The SMILES string of the molecule is COc1ccc(C(=O)Nc2cc(-c3nc4cc(C(C)C)ccc4o3)ccc2Cl)cc1Br. The molecule has 0 aliphatic carbocycles. The van der Waals surface area contributed by atoms with Crippen molar-refractivity contribution in [3.05, 3.63) is 75.2 Å². The van der Waals surface area contributed by atoms with Gasteiger partial charge in [-0.3, -0.25) is 4.79 Å². The minimum Gasteiger partial charge on any atom is -0.496 e. The Kier molecular flexibility index (Phi) is 6.03. The quantitative estimate of drug-likeness (QED) is 0.313. The van der Waals surface area contributed by atoms with Gasteiger partial charge in [0.25, 0.3) is 5.91 Å². The van der Waals surface area contributed by atoms with Crippen molar-refractivity contribution in [2.45, 2.75) is 19.8 Å². The summed E-state index contributed by atoms with van der Waals surface area (Å²) in [6.07, 6.45) is 0. The second kappa shape index (κ2) is 8.73. The number of nitrogens with zero attached hydrogens (tertiary/aromatic N) is 1. The summed E-state index contributed by atoms with van der Waals surface area (Å²) in [5.41, 5.74) is 4.37. The zero-order valence-corrected chi connectivity index (χ0v) is 19.5. The zero-order valence-electron chi connectivity index (χ0n) is 17.2. The molecule has 3 aromatic carbocycles. The first-order valence-electron chi connectivity index (χ1n) is 9.71. The van der Waals surface area contributed by atoms with Crippen molar-refractivity contribution in [2.24, 2.45) is 0 Å². The number of hydrogen-bond donors (Lipinski definition) is 1. The zero-order chi connectivity index (χ0) is 22.1. The first-order chi connectivity index (χ1) is 14.9. The van der Waals surface area contributed by atoms with E-state index in [1.807, 2.05) is 24.3 Å². The number of carbonyl (C=O) groups is 1. The Morgan fingerprint density at radius 3 is 2.65 bits per heavy atom. The number of nitrogens with one attached hydrogen (secondary N) is 1. The Hall–Kier alpha value is -2.83. The van der Waals surface area contributed by atoms with Crippen molar-refractivity contribution in [1.29, 1.82) is 0 Å². The van der Waals surface area contributed by atoms with Crippen LogP contribution < -0.4 is 10.1 Å². The highest BCUT2D eigenvalue weighted by Crippen LogP contribution is 2.32. The molecule has 0 spiro atoms. The topological polar surface area (TPSA) is 64.4 Å². The van der Waals surface area contributed by atoms with Crippen LogP contribution in [0.1, 0.15) is 35.7 Å². The van der Waals surface area contributed by atoms with Crippen LogP contribution in [0.3, 0.4) is 0 Å². The number of ether oxygens (including phenoxy) is 1. The maximum atomic E-state index is 12.7. The van der Waals surface area contributed by atoms with Crippen LogP contribution in [0.5, 0.6) is 5.75 Å². The number of carbonyl (C=O) groups excluding carboxylic acids is 1. The van der Waals surface area contributed by atoms with Crippen molar-refractivity contribution in [1.82, 2.24) is 4.98 Å². The van der Waals surface area contributed by atoms with E-state index in [0.717, 1.165) is 11.1 Å². The summed E-state index contributed by atoms with van der Waals surface area (Å²) in [6, 6.07) is 16.4. The lowest BCUT2D eigenvalue weighted by molar-refractivity contribution is 0.102. The number of benzene rings is 3. The monoisotopic (exact) mass is 498 g/mol. The van der Waals surface area contributed by atoms with Gasteiger partial charge in [-0.25, -0.2) is 4.98 Å². The number of methoxy groups -OCH3 is 1. The third-order valence-electron chi connectivity index (χ3n) is 4.95. The van der Waals surface area contributed by atoms with Crippen LogP contribution in [0.2, 0.25) is 5.02 Å². The second-order valence-corrected chi connectivity index (χ2v) is 8.66. The van der Waals surface area contributed by atoms with Crippen LogP contribution >= 0.6 is 27.5 Å². The molecule has 5 nitrogen and oxygen atoms in total. The third-order valence-corrected chi connectivity index (χ3v) is 5.90. The van der Waals surface area contributed by atoms with Gasteiger partial charge in [0.1, 0.15) is 11.3 Å². The Balaban J connectivity index is 1.63. The van der Waals surface area contributed by atoms with Gasteiger partial charge in [-0.1, -0.05) is 31.5 Å². The van der Waals surface area contributed by atoms with Crippen molar-refractivity contribution in [3.63, 3.8) is 0 Å². The molecule has 1 aromatic heterocycles. The van der Waals surface area contributed by atoms with Crippen molar-refractivity contribution in [3.8, 4) is 17.2 Å². The largest absolute Gasteiger partial charge is 0.496 e. The Morgan fingerprint density at radius 1 is 1.13 bits per heavy atom. The maximum Gasteiger partial charge on any atom is 0.255 e. The molecule has 4 rings (SSSR count). The first kappa shape index (κ1) is 21.4. The van der Waals surface area contributed by atoms with E-state index in [1.54, 1.807) is 37.4 Å². The summed E-state index contributed by atoms with van der Waals surface area (Å²) in [7, 11) is 1.57. The summed E-state index contributed by atoms with van der Waals surface area (Å²) < 4.78 is 11.8. The highest BCUT2D eigenvalue weighted by molar-refractivity contribution is 9.10. The van der Waals surface area contributed by atoms with Crippen molar-refractivity contribution < 1.29 is 13.9 Å². The van der Waals surface area contributed by atoms with Crippen LogP contribution in [0.4, 0.5) is 5.69 Å². The Bertz CT molecular complexity index is 1280. The number of hydrogen-bond acceptors (Lipinski definition) is 4. The molecule has 7 heteroatoms. The third kappa shape index (κ3) is 4.45. The second-order valence-electron chi connectivity index (χ2n) is 7.40. The molecular formula is C24H20BrClN2O3. The average Bonchev–Trinajstić information content (AvgIpc) is 3.18. The Labute approximate surface area is 193 Å². The Morgan fingerprint density at radius 2 is 1.94 bits per heavy atom. The number of aromatic nitrogens is 1. The molecule has 0 radical (unpaired) electrons. The van der Waals surface area contributed by atoms with E-state index in [4.69, 9.17) is 20.8 Å². The minimum atomic E-state index is -0.290. The number of fused-ring (bicyclic) bond motifs is 1. The molecule has 1 heterocycles. The lowest BCUT2D eigenvalue weighted by Crippen LogP contribution is -2.12. The van der Waals surface area contributed by atoms with Crippen LogP contribution in [0, 0.1) is 0 Å². The van der Waals surface area contributed by atoms with E-state index in [-0.39, 0.29) is 5.91 Å². The first-order valence-corrected chi connectivity index (χ1v) is 10.9. The highest BCUT2D eigenvalue weighted by Gasteiger charge is 2.15. The summed E-state index contributed by atoms with van der Waals surface area (Å²) >= 11 is 9.73. The standard InChI is InChI=1S/C24H20BrClN2O3/c1-13(2)14-5-9-22-20(11-14)28-24(31-22)16-4-7-18(26)19(12-16)27-23(29)15-6-8-21(30-3)17(25)10-15/h4-13H,1-3H3,(H,27,29). The predicted octanol–water partition coefficient (Wildman–Crippen LogP) is 7.30. The summed E-state index contributed by atoms with van der Waals surface area (Å²) in [4.78, 5) is 17.4. The van der Waals surface area contributed by atoms with Crippen molar-refractivity contribution >= 4 is 50.2 Å². The molecule has 0 fully saturated rings. The van der Waals surface area contributed by atoms with Crippen LogP contribution in [-0.4, -0.2) is 18.0 Å². The minimum absolute atomic E-state index is 0.290. The highest BCUT2D eigenvalue weighted by atomic mass is 79.9. The molecular weight excluding hydrogens is 480 g/mol. The lowest BCUT2D eigenvalue weighted by Gasteiger charge is -2.10. The molecule has 0 saturated carbocycles. The number of oxazole rings is 1. The van der Waals surface area contributed by atoms with Gasteiger partial charge in [0.05, 0.1) is 22.3 Å². The predicted molar refractivity (Wildman–Crippen MR) is 127 cm³/mol. The van der Waals surface area contributed by atoms with E-state index >= 15 is 0 Å². The number of halogens is 2. The van der Waals surface area contributed by atoms with Gasteiger partial charge >= 0.3 is 0 Å². The van der Waals surface area contributed by atoms with Gasteiger partial charge in [0.15, 0.2) is 5.58 Å². The van der Waals surface area contributed by atoms with E-state index in [0.29, 0.717) is 43.9 Å². The molecule has 0 aliphatic rings. The molecule has 4 aromatic rings. The van der Waals surface area contributed by atoms with E-state index < -0.39 is 0 Å². The van der Waals surface area contributed by atoms with Crippen molar-refractivity contribution in [2.75, 3.05) is 12.4 Å². The van der Waals surface area contributed by atoms with E-state index in [1.165, 1.54) is 5.56 Å². The fourth-order valence-electron chi connectivity index (χ4n) is 3.18. The van der Waals surface area contributed by atoms with Gasteiger partial charge < -0.3 is 14.5 Å². The fourth-order valence-corrected chi connectivity index (χ4v) is 3.89. The molecule has 31 heavy (non-hydrogen) atoms. The van der Waals surface area contributed by atoms with Gasteiger partial charge in [-0.15, -0.1) is 0 Å². The van der Waals surface area contributed by atoms with Gasteiger partial charge in [0.2, 0.25) is 5.89 Å². The summed E-state index contributed by atoms with van der Waals surface area (Å²) in [5, 5.41) is 3.28. The van der Waals surface area contributed by atoms with Gasteiger partial charge in [0, 0.05) is 11.1 Å². The molecule has 1 amide bonds. The lowest BCUT2D eigenvalue weighted by atomic mass is 10.0. The molecule has 0 unspecified atom stereocenters. The van der Waals surface area contributed by atoms with Gasteiger partial charge in [-0.2, -0.15) is 0 Å². The molecule has 1 N–H and O–H groups in total. The van der Waals surface area contributed by atoms with Crippen LogP contribution in [-0.2, 0) is 0 Å². The van der Waals surface area contributed by atoms with Crippen LogP contribution in [0.25, 0.3) is 22.6 Å². The molecule has 0 atom stereocenters. The van der Waals surface area contributed by atoms with Gasteiger partial charge in [-0.05, 0) is 75.9 Å². The smallest absolute Gasteiger partial charge is 0.255 e. The normalized spacial score (nSPS) is 11.2. The fraction of sp³-hybridized carbons (Fsp3) is 0.167. The average molecular weight is 500 g/mol. The number of amides is 1. The van der Waals surface area contributed by atoms with E-state index in [9.17, 15) is 4.79 Å². The maximum absolute atomic E-state index is 12.7. The molecule has 0 saturated heterocycles. The molecule has 0 bridgehead atoms. The molecule has 0 aliphatic heterocycles.